The first-order valence-electron chi connectivity index (χ1n) is 5.53. The lowest BCUT2D eigenvalue weighted by atomic mass is 9.62. The highest BCUT2D eigenvalue weighted by molar-refractivity contribution is 5.83. The van der Waals surface area contributed by atoms with Crippen molar-refractivity contribution in [2.24, 2.45) is 23.7 Å². The molecule has 0 N–H and O–H groups in total. The summed E-state index contributed by atoms with van der Waals surface area (Å²) in [6, 6.07) is 0. The van der Waals surface area contributed by atoms with Crippen LogP contribution in [-0.2, 0) is 19.1 Å². The summed E-state index contributed by atoms with van der Waals surface area (Å²) in [7, 11) is 2.73. The molecule has 0 radical (unpaired) electrons. The average Bonchev–Trinajstić information content (AvgIpc) is 2.37. The molecule has 4 heteroatoms. The molecule has 3 aliphatic carbocycles. The summed E-state index contributed by atoms with van der Waals surface area (Å²) in [6.45, 7) is 0. The third kappa shape index (κ3) is 1.62. The minimum atomic E-state index is -0.360. The zero-order valence-corrected chi connectivity index (χ0v) is 9.51. The molecule has 0 amide bonds. The van der Waals surface area contributed by atoms with E-state index in [1.54, 1.807) is 0 Å². The minimum absolute atomic E-state index is 0.126. The Morgan fingerprint density at radius 2 is 1.31 bits per heavy atom. The highest BCUT2D eigenvalue weighted by atomic mass is 16.5. The molecule has 0 saturated heterocycles. The van der Waals surface area contributed by atoms with E-state index in [4.69, 9.17) is 9.47 Å². The van der Waals surface area contributed by atoms with Crippen LogP contribution in [0.2, 0.25) is 0 Å². The summed E-state index contributed by atoms with van der Waals surface area (Å²) < 4.78 is 9.57. The van der Waals surface area contributed by atoms with Gasteiger partial charge in [-0.05, 0) is 24.7 Å². The Labute approximate surface area is 94.6 Å². The number of hydrogen-bond donors (Lipinski definition) is 0. The number of allylic oxidation sites excluding steroid dienone is 2. The Hall–Kier alpha value is -1.32. The largest absolute Gasteiger partial charge is 0.469 e. The molecule has 0 spiro atoms. The fourth-order valence-electron chi connectivity index (χ4n) is 2.91. The molecular weight excluding hydrogens is 208 g/mol. The Morgan fingerprint density at radius 1 is 0.938 bits per heavy atom. The standard InChI is InChI=1S/C12H16O4/c1-15-11(13)9-7-3-5-8(6-4-7)10(9)12(14)16-2/h3,5,7-10H,4,6H2,1-2H3/t7-,8-,9-,10+/m0/s1. The van der Waals surface area contributed by atoms with Crippen LogP contribution in [0.15, 0.2) is 12.2 Å². The second kappa shape index (κ2) is 4.28. The van der Waals surface area contributed by atoms with Gasteiger partial charge in [-0.15, -0.1) is 0 Å². The smallest absolute Gasteiger partial charge is 0.310 e. The van der Waals surface area contributed by atoms with E-state index >= 15 is 0 Å². The van der Waals surface area contributed by atoms with Gasteiger partial charge in [0.1, 0.15) is 0 Å². The number of methoxy groups -OCH3 is 2. The molecule has 4 atom stereocenters. The molecule has 2 bridgehead atoms. The summed E-state index contributed by atoms with van der Waals surface area (Å²) in [5.41, 5.74) is 0. The monoisotopic (exact) mass is 224 g/mol. The van der Waals surface area contributed by atoms with Crippen molar-refractivity contribution in [3.63, 3.8) is 0 Å². The topological polar surface area (TPSA) is 52.6 Å². The quantitative estimate of drug-likeness (QED) is 0.521. The van der Waals surface area contributed by atoms with E-state index in [0.717, 1.165) is 12.8 Å². The van der Waals surface area contributed by atoms with Gasteiger partial charge in [0.2, 0.25) is 0 Å². The first kappa shape index (κ1) is 11.2. The number of carbonyl (C=O) groups excluding carboxylic acids is 2. The molecule has 4 nitrogen and oxygen atoms in total. The molecule has 0 heterocycles. The molecule has 16 heavy (non-hydrogen) atoms. The maximum absolute atomic E-state index is 11.7. The summed E-state index contributed by atoms with van der Waals surface area (Å²) in [4.78, 5) is 23.4. The van der Waals surface area contributed by atoms with Crippen LogP contribution in [0.3, 0.4) is 0 Å². The van der Waals surface area contributed by atoms with Gasteiger partial charge in [-0.1, -0.05) is 12.2 Å². The van der Waals surface area contributed by atoms with E-state index in [0.29, 0.717) is 0 Å². The lowest BCUT2D eigenvalue weighted by Crippen LogP contribution is -2.46. The van der Waals surface area contributed by atoms with Crippen LogP contribution in [0, 0.1) is 23.7 Å². The van der Waals surface area contributed by atoms with Gasteiger partial charge in [-0.25, -0.2) is 0 Å². The van der Waals surface area contributed by atoms with Crippen molar-refractivity contribution < 1.29 is 19.1 Å². The van der Waals surface area contributed by atoms with Gasteiger partial charge in [-0.3, -0.25) is 9.59 Å². The Morgan fingerprint density at radius 3 is 1.56 bits per heavy atom. The number of fused-ring (bicyclic) bond motifs is 2. The number of ether oxygens (including phenoxy) is 2. The predicted molar refractivity (Wildman–Crippen MR) is 56.4 cm³/mol. The zero-order chi connectivity index (χ0) is 11.7. The fourth-order valence-corrected chi connectivity index (χ4v) is 2.91. The fraction of sp³-hybridized carbons (Fsp3) is 0.667. The molecule has 88 valence electrons. The molecule has 3 rings (SSSR count). The maximum Gasteiger partial charge on any atom is 0.310 e. The number of rotatable bonds is 2. The van der Waals surface area contributed by atoms with E-state index in [-0.39, 0.29) is 35.6 Å². The van der Waals surface area contributed by atoms with Crippen LogP contribution < -0.4 is 0 Å². The lowest BCUT2D eigenvalue weighted by molar-refractivity contribution is -0.164. The summed E-state index contributed by atoms with van der Waals surface area (Å²) in [6.07, 6.45) is 5.98. The molecule has 0 aliphatic heterocycles. The van der Waals surface area contributed by atoms with Crippen LogP contribution in [0.1, 0.15) is 12.8 Å². The number of carbonyl (C=O) groups is 2. The Bertz CT molecular complexity index is 302. The first-order chi connectivity index (χ1) is 7.69. The van der Waals surface area contributed by atoms with Crippen molar-refractivity contribution >= 4 is 11.9 Å². The molecule has 0 aromatic carbocycles. The highest BCUT2D eigenvalue weighted by Crippen LogP contribution is 2.45. The van der Waals surface area contributed by atoms with Gasteiger partial charge in [0, 0.05) is 0 Å². The van der Waals surface area contributed by atoms with Crippen molar-refractivity contribution in [3.05, 3.63) is 12.2 Å². The third-order valence-electron chi connectivity index (χ3n) is 3.69. The Balaban J connectivity index is 2.29. The van der Waals surface area contributed by atoms with Crippen LogP contribution in [0.4, 0.5) is 0 Å². The average molecular weight is 224 g/mol. The van der Waals surface area contributed by atoms with Crippen molar-refractivity contribution in [1.29, 1.82) is 0 Å². The van der Waals surface area contributed by atoms with Gasteiger partial charge in [-0.2, -0.15) is 0 Å². The molecular formula is C12H16O4. The van der Waals surface area contributed by atoms with Gasteiger partial charge in [0.05, 0.1) is 26.1 Å². The van der Waals surface area contributed by atoms with Gasteiger partial charge in [0.25, 0.3) is 0 Å². The van der Waals surface area contributed by atoms with E-state index in [1.807, 2.05) is 12.2 Å². The maximum atomic E-state index is 11.7. The summed E-state index contributed by atoms with van der Waals surface area (Å²) >= 11 is 0. The number of hydrogen-bond acceptors (Lipinski definition) is 4. The SMILES string of the molecule is COC(=O)[C@@H]1[C@H](C(=O)OC)[C@H]2C=C[C@H]1CC2. The molecule has 1 saturated carbocycles. The normalized spacial score (nSPS) is 35.9. The second-order valence-corrected chi connectivity index (χ2v) is 4.39. The van der Waals surface area contributed by atoms with E-state index in [9.17, 15) is 9.59 Å². The molecule has 3 aliphatic rings. The van der Waals surface area contributed by atoms with Crippen molar-refractivity contribution in [2.75, 3.05) is 14.2 Å². The molecule has 0 aromatic rings. The predicted octanol–water partition coefficient (Wildman–Crippen LogP) is 1.16. The van der Waals surface area contributed by atoms with Crippen molar-refractivity contribution in [2.45, 2.75) is 12.8 Å². The first-order valence-corrected chi connectivity index (χ1v) is 5.53. The summed E-state index contributed by atoms with van der Waals surface area (Å²) in [5, 5.41) is 0. The minimum Gasteiger partial charge on any atom is -0.469 e. The van der Waals surface area contributed by atoms with Crippen molar-refractivity contribution in [3.8, 4) is 0 Å². The van der Waals surface area contributed by atoms with E-state index in [1.165, 1.54) is 14.2 Å². The molecule has 0 unspecified atom stereocenters. The van der Waals surface area contributed by atoms with Crippen LogP contribution in [0.25, 0.3) is 0 Å². The van der Waals surface area contributed by atoms with Crippen LogP contribution >= 0.6 is 0 Å². The number of esters is 2. The highest BCUT2D eigenvalue weighted by Gasteiger charge is 2.49. The van der Waals surface area contributed by atoms with E-state index in [2.05, 4.69) is 0 Å². The van der Waals surface area contributed by atoms with E-state index < -0.39 is 0 Å². The Kier molecular flexibility index (Phi) is 2.99. The van der Waals surface area contributed by atoms with Gasteiger partial charge in [0.15, 0.2) is 0 Å². The zero-order valence-electron chi connectivity index (χ0n) is 9.51. The van der Waals surface area contributed by atoms with Crippen LogP contribution in [-0.4, -0.2) is 26.2 Å². The third-order valence-corrected chi connectivity index (χ3v) is 3.69. The van der Waals surface area contributed by atoms with Gasteiger partial charge >= 0.3 is 11.9 Å². The lowest BCUT2D eigenvalue weighted by Gasteiger charge is -2.41. The molecule has 1 fully saturated rings. The molecule has 0 aromatic heterocycles. The van der Waals surface area contributed by atoms with Crippen molar-refractivity contribution in [1.82, 2.24) is 0 Å². The van der Waals surface area contributed by atoms with Gasteiger partial charge < -0.3 is 9.47 Å². The summed E-state index contributed by atoms with van der Waals surface area (Å²) in [5.74, 6) is -1.06. The van der Waals surface area contributed by atoms with Crippen LogP contribution in [0.5, 0.6) is 0 Å². The second-order valence-electron chi connectivity index (χ2n) is 4.39.